The van der Waals surface area contributed by atoms with Crippen molar-refractivity contribution in [3.63, 3.8) is 0 Å². The molecule has 26 heteroatoms. The summed E-state index contributed by atoms with van der Waals surface area (Å²) in [7, 11) is 0. The Bertz CT molecular complexity index is 1970. The van der Waals surface area contributed by atoms with Crippen molar-refractivity contribution in [1.29, 1.82) is 0 Å². The van der Waals surface area contributed by atoms with Gasteiger partial charge < -0.3 is 120 Å². The second-order valence-corrected chi connectivity index (χ2v) is 26.6. The summed E-state index contributed by atoms with van der Waals surface area (Å²) in [5.41, 5.74) is 0. The number of allylic oxidation sites excluding steroid dienone is 1. The maximum Gasteiger partial charge on any atom is 0.249 e. The number of carbonyl (C=O) groups is 2. The SMILES string of the molecule is CCCCCCCCCCCCC/C=C/[C@@H](O)[C@H](CO[C@@H]1O[C@H](CO)[C@@H](O[C@@H]2O[C@H](CO)[C@H](O)[C@H](O[C@@H]3O[C@H](CO)[C@@H](O)[C@H](O[C@@H]4O[C@H](CO)[C@H](O)[C@H](O)[C@H]4O)[C@H]3NC(C)=O)[C@H]2O)[C@H](O)[C@H]1O)NC(=O)C(O)CCCCCCCCCCCCCCCCCCCCCC. The molecular formula is C68H126N2O24. The van der Waals surface area contributed by atoms with Gasteiger partial charge in [0, 0.05) is 6.92 Å². The van der Waals surface area contributed by atoms with Gasteiger partial charge in [-0.2, -0.15) is 0 Å². The van der Waals surface area contributed by atoms with E-state index in [1.54, 1.807) is 0 Å². The third-order valence-electron chi connectivity index (χ3n) is 18.7. The van der Waals surface area contributed by atoms with E-state index in [1.165, 1.54) is 147 Å². The van der Waals surface area contributed by atoms with E-state index in [2.05, 4.69) is 24.5 Å². The zero-order chi connectivity index (χ0) is 68.8. The number of unbranched alkanes of at least 4 members (excludes halogenated alkanes) is 30. The van der Waals surface area contributed by atoms with E-state index in [0.29, 0.717) is 12.8 Å². The van der Waals surface area contributed by atoms with E-state index in [1.807, 2.05) is 6.08 Å². The zero-order valence-corrected chi connectivity index (χ0v) is 56.6. The summed E-state index contributed by atoms with van der Waals surface area (Å²) in [5.74, 6) is -1.53. The summed E-state index contributed by atoms with van der Waals surface area (Å²) in [5, 5.41) is 158. The van der Waals surface area contributed by atoms with Crippen LogP contribution in [0.2, 0.25) is 0 Å². The fourth-order valence-electron chi connectivity index (χ4n) is 12.8. The summed E-state index contributed by atoms with van der Waals surface area (Å²) in [4.78, 5) is 26.2. The summed E-state index contributed by atoms with van der Waals surface area (Å²) in [6, 6.07) is -2.86. The first kappa shape index (κ1) is 84.2. The Morgan fingerprint density at radius 1 is 0.426 bits per heavy atom. The molecule has 0 spiro atoms. The number of carbonyl (C=O) groups excluding carboxylic acids is 2. The van der Waals surface area contributed by atoms with Crippen molar-refractivity contribution in [2.45, 2.75) is 374 Å². The van der Waals surface area contributed by atoms with Gasteiger partial charge in [-0.05, 0) is 19.3 Å². The average Bonchev–Trinajstić information content (AvgIpc) is 0.777. The topological polar surface area (TPSA) is 415 Å². The maximum absolute atomic E-state index is 13.6. The van der Waals surface area contributed by atoms with Gasteiger partial charge in [0.15, 0.2) is 25.2 Å². The highest BCUT2D eigenvalue weighted by atomic mass is 16.8. The Morgan fingerprint density at radius 3 is 1.28 bits per heavy atom. The van der Waals surface area contributed by atoms with Crippen LogP contribution < -0.4 is 10.6 Å². The van der Waals surface area contributed by atoms with Crippen molar-refractivity contribution in [3.8, 4) is 0 Å². The van der Waals surface area contributed by atoms with Gasteiger partial charge in [0.2, 0.25) is 11.8 Å². The smallest absolute Gasteiger partial charge is 0.249 e. The summed E-state index contributed by atoms with van der Waals surface area (Å²) in [6.45, 7) is 1.36. The molecule has 23 atom stereocenters. The van der Waals surface area contributed by atoms with Crippen LogP contribution in [-0.2, 0) is 47.5 Å². The average molecular weight is 1360 g/mol. The van der Waals surface area contributed by atoms with Crippen molar-refractivity contribution in [2.75, 3.05) is 33.0 Å². The standard InChI is InChI=1S/C68H126N2O24/c1-4-6-8-10-12-14-16-18-19-20-21-22-23-24-26-28-30-32-34-36-38-47(77)64(86)70-45(46(76)37-35-33-31-29-27-25-17-15-13-11-9-7-5-2)43-87-66-59(84)57(82)61(51(42-74)91-66)92-68-60(85)63(55(80)50(41-73)90-68)94-65-52(69-44(3)75)62(54(79)49(40-72)88-65)93-67-58(83)56(81)53(78)48(39-71)89-67/h35,37,45-63,65-68,71-74,76-85H,4-34,36,38-43H2,1-3H3,(H,69,75)(H,70,86)/b37-35+/t45-,46+,47?,48+,49+,50+,51+,52+,53-,54+,55-,56-,57+,58+,59+,60+,61+,62+,63-,65-,66+,67-,68-/m0/s1. The fraction of sp³-hybridized carbons (Fsp3) is 0.941. The lowest BCUT2D eigenvalue weighted by atomic mass is 9.94. The van der Waals surface area contributed by atoms with Crippen LogP contribution in [0.3, 0.4) is 0 Å². The van der Waals surface area contributed by atoms with E-state index in [9.17, 15) is 81.1 Å². The molecule has 4 heterocycles. The van der Waals surface area contributed by atoms with Gasteiger partial charge in [-0.3, -0.25) is 9.59 Å². The van der Waals surface area contributed by atoms with Crippen molar-refractivity contribution in [2.24, 2.45) is 0 Å². The van der Waals surface area contributed by atoms with Crippen LogP contribution in [0, 0.1) is 0 Å². The monoisotopic (exact) mass is 1350 g/mol. The second-order valence-electron chi connectivity index (χ2n) is 26.6. The van der Waals surface area contributed by atoms with Crippen molar-refractivity contribution in [1.82, 2.24) is 10.6 Å². The summed E-state index contributed by atoms with van der Waals surface area (Å²) < 4.78 is 46.8. The second kappa shape index (κ2) is 48.6. The first-order valence-corrected chi connectivity index (χ1v) is 36.1. The molecule has 0 bridgehead atoms. The van der Waals surface area contributed by atoms with Gasteiger partial charge in [-0.25, -0.2) is 0 Å². The largest absolute Gasteiger partial charge is 0.394 e. The highest BCUT2D eigenvalue weighted by Gasteiger charge is 2.56. The van der Waals surface area contributed by atoms with Gasteiger partial charge in [-0.15, -0.1) is 0 Å². The van der Waals surface area contributed by atoms with Crippen LogP contribution in [0.15, 0.2) is 12.2 Å². The third-order valence-corrected chi connectivity index (χ3v) is 18.7. The van der Waals surface area contributed by atoms with Gasteiger partial charge in [0.05, 0.1) is 45.2 Å². The van der Waals surface area contributed by atoms with Crippen molar-refractivity contribution in [3.05, 3.63) is 12.2 Å². The molecule has 4 fully saturated rings. The number of hydrogen-bond donors (Lipinski definition) is 16. The Hall–Kier alpha value is -2.20. The first-order chi connectivity index (χ1) is 45.4. The van der Waals surface area contributed by atoms with Crippen LogP contribution in [0.5, 0.6) is 0 Å². The third kappa shape index (κ3) is 29.2. The lowest BCUT2D eigenvalue weighted by Crippen LogP contribution is -2.70. The highest BCUT2D eigenvalue weighted by Crippen LogP contribution is 2.35. The van der Waals surface area contributed by atoms with Crippen LogP contribution in [-0.4, -0.2) is 257 Å². The lowest BCUT2D eigenvalue weighted by Gasteiger charge is -2.50. The Labute approximate surface area is 558 Å². The minimum atomic E-state index is -2.13. The molecule has 0 saturated carbocycles. The minimum Gasteiger partial charge on any atom is -0.394 e. The first-order valence-electron chi connectivity index (χ1n) is 36.1. The fourth-order valence-corrected chi connectivity index (χ4v) is 12.8. The van der Waals surface area contributed by atoms with E-state index < -0.39 is 186 Å². The van der Waals surface area contributed by atoms with Crippen LogP contribution in [0.4, 0.5) is 0 Å². The molecule has 4 saturated heterocycles. The summed E-state index contributed by atoms with van der Waals surface area (Å²) >= 11 is 0. The van der Waals surface area contributed by atoms with Gasteiger partial charge in [0.25, 0.3) is 0 Å². The number of nitrogens with one attached hydrogen (secondary N) is 2. The normalized spacial score (nSPS) is 32.6. The maximum atomic E-state index is 13.6. The van der Waals surface area contributed by atoms with Crippen LogP contribution >= 0.6 is 0 Å². The number of aliphatic hydroxyl groups is 14. The van der Waals surface area contributed by atoms with Crippen LogP contribution in [0.25, 0.3) is 0 Å². The molecule has 0 aromatic rings. The van der Waals surface area contributed by atoms with Gasteiger partial charge in [0.1, 0.15) is 104 Å². The molecule has 552 valence electrons. The molecule has 0 radical (unpaired) electrons. The molecule has 0 aromatic carbocycles. The zero-order valence-electron chi connectivity index (χ0n) is 56.6. The van der Waals surface area contributed by atoms with Gasteiger partial charge in [-0.1, -0.05) is 219 Å². The molecular weight excluding hydrogens is 1230 g/mol. The van der Waals surface area contributed by atoms with Crippen molar-refractivity contribution >= 4 is 11.8 Å². The number of amides is 2. The molecule has 1 unspecified atom stereocenters. The van der Waals surface area contributed by atoms with E-state index in [4.69, 9.17) is 37.9 Å². The molecule has 4 rings (SSSR count). The van der Waals surface area contributed by atoms with Crippen molar-refractivity contribution < 1.29 is 119 Å². The Morgan fingerprint density at radius 2 is 0.809 bits per heavy atom. The van der Waals surface area contributed by atoms with Crippen LogP contribution in [0.1, 0.15) is 233 Å². The number of ether oxygens (including phenoxy) is 8. The molecule has 94 heavy (non-hydrogen) atoms. The summed E-state index contributed by atoms with van der Waals surface area (Å²) in [6.07, 6.45) is 3.95. The van der Waals surface area contributed by atoms with E-state index >= 15 is 0 Å². The predicted octanol–water partition coefficient (Wildman–Crippen LogP) is 3.10. The molecule has 0 aromatic heterocycles. The van der Waals surface area contributed by atoms with E-state index in [-0.39, 0.29) is 6.42 Å². The van der Waals surface area contributed by atoms with Gasteiger partial charge >= 0.3 is 0 Å². The predicted molar refractivity (Wildman–Crippen MR) is 346 cm³/mol. The number of hydrogen-bond acceptors (Lipinski definition) is 24. The lowest BCUT2D eigenvalue weighted by molar-refractivity contribution is -0.381. The Balaban J connectivity index is 1.35. The molecule has 16 N–H and O–H groups in total. The molecule has 4 aliphatic rings. The van der Waals surface area contributed by atoms with E-state index in [0.717, 1.165) is 58.3 Å². The molecule has 2 amide bonds. The molecule has 26 nitrogen and oxygen atoms in total. The Kier molecular flexibility index (Phi) is 43.5. The molecule has 0 aliphatic carbocycles. The number of aliphatic hydroxyl groups excluding tert-OH is 14. The highest BCUT2D eigenvalue weighted by molar-refractivity contribution is 5.80. The minimum absolute atomic E-state index is 0.188. The molecule has 4 aliphatic heterocycles. The quantitative estimate of drug-likeness (QED) is 0.0307. The number of rotatable bonds is 51.